The average Bonchev–Trinajstić information content (AvgIpc) is 2.65. The van der Waals surface area contributed by atoms with E-state index in [1.807, 2.05) is 18.0 Å². The van der Waals surface area contributed by atoms with Gasteiger partial charge in [-0.15, -0.1) is 11.8 Å². The van der Waals surface area contributed by atoms with E-state index in [1.165, 1.54) is 89.3 Å². The molecule has 1 aliphatic rings. The van der Waals surface area contributed by atoms with Crippen molar-refractivity contribution in [3.63, 3.8) is 0 Å². The number of pyridine rings is 1. The maximum atomic E-state index is 4.65. The summed E-state index contributed by atoms with van der Waals surface area (Å²) in [5, 5.41) is 1.34. The highest BCUT2D eigenvalue weighted by molar-refractivity contribution is 14.1. The summed E-state index contributed by atoms with van der Waals surface area (Å²) in [5.74, 6) is 1.99. The minimum Gasteiger partial charge on any atom is -0.256 e. The zero-order chi connectivity index (χ0) is 16.6. The van der Waals surface area contributed by atoms with E-state index in [4.69, 9.17) is 0 Å². The average molecular weight is 453 g/mol. The fraction of sp³-hybridized carbons (Fsp3) is 0.571. The molecule has 24 heavy (non-hydrogen) atoms. The van der Waals surface area contributed by atoms with Gasteiger partial charge in [0, 0.05) is 16.5 Å². The molecule has 1 aromatic carbocycles. The quantitative estimate of drug-likeness (QED) is 0.179. The van der Waals surface area contributed by atoms with Crippen molar-refractivity contribution in [2.24, 2.45) is 0 Å². The second-order valence-electron chi connectivity index (χ2n) is 6.87. The summed E-state index contributed by atoms with van der Waals surface area (Å²) in [6.45, 7) is 0. The number of aromatic nitrogens is 1. The van der Waals surface area contributed by atoms with Crippen LogP contribution in [0.2, 0.25) is 0 Å². The molecule has 0 amide bonds. The van der Waals surface area contributed by atoms with E-state index in [9.17, 15) is 0 Å². The van der Waals surface area contributed by atoms with Gasteiger partial charge in [0.25, 0.3) is 0 Å². The van der Waals surface area contributed by atoms with Crippen LogP contribution in [0.25, 0.3) is 10.9 Å². The van der Waals surface area contributed by atoms with Gasteiger partial charge in [-0.3, -0.25) is 4.98 Å². The van der Waals surface area contributed by atoms with Crippen molar-refractivity contribution < 1.29 is 0 Å². The maximum Gasteiger partial charge on any atom is 0.0716 e. The largest absolute Gasteiger partial charge is 0.256 e. The lowest BCUT2D eigenvalue weighted by Gasteiger charge is -2.22. The van der Waals surface area contributed by atoms with Crippen molar-refractivity contribution in [1.29, 1.82) is 0 Å². The Morgan fingerprint density at radius 1 is 1.00 bits per heavy atom. The first-order valence-electron chi connectivity index (χ1n) is 9.46. The molecule has 3 rings (SSSR count). The first-order chi connectivity index (χ1) is 11.9. The van der Waals surface area contributed by atoms with Crippen LogP contribution in [0.15, 0.2) is 35.4 Å². The minimum atomic E-state index is 0.763. The second-order valence-corrected chi connectivity index (χ2v) is 9.09. The number of nitrogens with zero attached hydrogens (tertiary/aromatic N) is 1. The van der Waals surface area contributed by atoms with E-state index in [2.05, 4.69) is 51.8 Å². The predicted octanol–water partition coefficient (Wildman–Crippen LogP) is 7.37. The molecule has 2 aromatic rings. The standard InChI is InChI=1S/C21H28INS/c22-13-6-1-2-7-15-24-21-12-14-23-20-16-18(10-11-19(20)21)17-8-4-3-5-9-17/h10-12,14,16-17H,1-9,13,15H2. The molecule has 0 bridgehead atoms. The topological polar surface area (TPSA) is 12.9 Å². The lowest BCUT2D eigenvalue weighted by atomic mass is 9.84. The summed E-state index contributed by atoms with van der Waals surface area (Å²) in [4.78, 5) is 6.06. The SMILES string of the molecule is ICCCCCCSc1ccnc2cc(C3CCCCC3)ccc12. The van der Waals surface area contributed by atoms with Gasteiger partial charge in [-0.1, -0.05) is 66.8 Å². The van der Waals surface area contributed by atoms with Gasteiger partial charge in [0.1, 0.15) is 0 Å². The van der Waals surface area contributed by atoms with E-state index in [0.717, 1.165) is 5.92 Å². The lowest BCUT2D eigenvalue weighted by Crippen LogP contribution is -2.04. The molecule has 0 atom stereocenters. The molecular weight excluding hydrogens is 425 g/mol. The molecule has 0 saturated heterocycles. The molecule has 3 heteroatoms. The minimum absolute atomic E-state index is 0.763. The summed E-state index contributed by atoms with van der Waals surface area (Å²) in [6.07, 6.45) is 14.3. The van der Waals surface area contributed by atoms with E-state index in [0.29, 0.717) is 0 Å². The lowest BCUT2D eigenvalue weighted by molar-refractivity contribution is 0.444. The number of fused-ring (bicyclic) bond motifs is 1. The monoisotopic (exact) mass is 453 g/mol. The van der Waals surface area contributed by atoms with Gasteiger partial charge in [-0.25, -0.2) is 0 Å². The highest BCUT2D eigenvalue weighted by Crippen LogP contribution is 2.35. The van der Waals surface area contributed by atoms with Gasteiger partial charge in [0.05, 0.1) is 5.52 Å². The fourth-order valence-electron chi connectivity index (χ4n) is 3.69. The number of rotatable bonds is 8. The smallest absolute Gasteiger partial charge is 0.0716 e. The third kappa shape index (κ3) is 5.10. The normalized spacial score (nSPS) is 15.9. The number of halogens is 1. The molecule has 0 N–H and O–H groups in total. The van der Waals surface area contributed by atoms with Gasteiger partial charge >= 0.3 is 0 Å². The van der Waals surface area contributed by atoms with Crippen LogP contribution in [-0.4, -0.2) is 15.2 Å². The molecule has 1 fully saturated rings. The summed E-state index contributed by atoms with van der Waals surface area (Å²) in [7, 11) is 0. The molecule has 0 aliphatic heterocycles. The van der Waals surface area contributed by atoms with Crippen LogP contribution in [0, 0.1) is 0 Å². The Balaban J connectivity index is 1.64. The van der Waals surface area contributed by atoms with Crippen LogP contribution in [-0.2, 0) is 0 Å². The van der Waals surface area contributed by atoms with Crippen molar-refractivity contribution in [2.45, 2.75) is 68.6 Å². The second kappa shape index (κ2) is 10.0. The van der Waals surface area contributed by atoms with Gasteiger partial charge in [0.15, 0.2) is 0 Å². The zero-order valence-corrected chi connectivity index (χ0v) is 17.4. The van der Waals surface area contributed by atoms with Crippen molar-refractivity contribution in [3.05, 3.63) is 36.0 Å². The van der Waals surface area contributed by atoms with Crippen LogP contribution in [0.4, 0.5) is 0 Å². The van der Waals surface area contributed by atoms with Crippen molar-refractivity contribution in [2.75, 3.05) is 10.2 Å². The first kappa shape index (κ1) is 18.5. The zero-order valence-electron chi connectivity index (χ0n) is 14.5. The number of thioether (sulfide) groups is 1. The van der Waals surface area contributed by atoms with Crippen LogP contribution in [0.1, 0.15) is 69.3 Å². The van der Waals surface area contributed by atoms with Gasteiger partial charge in [-0.05, 0) is 59.5 Å². The Labute approximate surface area is 164 Å². The highest BCUT2D eigenvalue weighted by Gasteiger charge is 2.16. The van der Waals surface area contributed by atoms with E-state index in [1.54, 1.807) is 0 Å². The number of hydrogen-bond donors (Lipinski definition) is 0. The van der Waals surface area contributed by atoms with Crippen LogP contribution in [0.5, 0.6) is 0 Å². The van der Waals surface area contributed by atoms with E-state index >= 15 is 0 Å². The molecule has 1 heterocycles. The molecule has 0 spiro atoms. The van der Waals surface area contributed by atoms with Gasteiger partial charge in [0.2, 0.25) is 0 Å². The van der Waals surface area contributed by atoms with E-state index in [-0.39, 0.29) is 0 Å². The third-order valence-electron chi connectivity index (χ3n) is 5.09. The van der Waals surface area contributed by atoms with Crippen molar-refractivity contribution in [1.82, 2.24) is 4.98 Å². The Morgan fingerprint density at radius 2 is 1.83 bits per heavy atom. The van der Waals surface area contributed by atoms with Crippen LogP contribution < -0.4 is 0 Å². The molecule has 0 unspecified atom stereocenters. The van der Waals surface area contributed by atoms with Gasteiger partial charge < -0.3 is 0 Å². The van der Waals surface area contributed by atoms with Gasteiger partial charge in [-0.2, -0.15) is 0 Å². The molecule has 1 aromatic heterocycles. The summed E-state index contributed by atoms with van der Waals surface area (Å²) < 4.78 is 1.29. The Morgan fingerprint density at radius 3 is 2.67 bits per heavy atom. The molecular formula is C21H28INS. The van der Waals surface area contributed by atoms with Crippen molar-refractivity contribution in [3.8, 4) is 0 Å². The van der Waals surface area contributed by atoms with Crippen molar-refractivity contribution >= 4 is 45.3 Å². The van der Waals surface area contributed by atoms with E-state index < -0.39 is 0 Å². The summed E-state index contributed by atoms with van der Waals surface area (Å²) in [6, 6.07) is 9.24. The predicted molar refractivity (Wildman–Crippen MR) is 116 cm³/mol. The maximum absolute atomic E-state index is 4.65. The van der Waals surface area contributed by atoms with Crippen LogP contribution in [0.3, 0.4) is 0 Å². The number of alkyl halides is 1. The molecule has 1 aliphatic carbocycles. The van der Waals surface area contributed by atoms with Crippen LogP contribution >= 0.6 is 34.4 Å². The fourth-order valence-corrected chi connectivity index (χ4v) is 5.28. The molecule has 1 saturated carbocycles. The summed E-state index contributed by atoms with van der Waals surface area (Å²) >= 11 is 4.48. The highest BCUT2D eigenvalue weighted by atomic mass is 127. The third-order valence-corrected chi connectivity index (χ3v) is 7.01. The Bertz CT molecular complexity index is 637. The summed E-state index contributed by atoms with van der Waals surface area (Å²) in [5.41, 5.74) is 2.70. The Hall–Kier alpha value is -0.290. The number of benzene rings is 1. The Kier molecular flexibility index (Phi) is 7.71. The molecule has 130 valence electrons. The first-order valence-corrected chi connectivity index (χ1v) is 12.0. The molecule has 1 nitrogen and oxygen atoms in total. The molecule has 0 radical (unpaired) electrons. The number of unbranched alkanes of at least 4 members (excludes halogenated alkanes) is 3. The number of hydrogen-bond acceptors (Lipinski definition) is 2.